The first kappa shape index (κ1) is 9.69. The molecule has 0 aliphatic heterocycles. The Hall–Kier alpha value is -1.40. The predicted molar refractivity (Wildman–Crippen MR) is 49.5 cm³/mol. The van der Waals surface area contributed by atoms with Crippen LogP contribution in [0.1, 0.15) is 17.5 Å². The summed E-state index contributed by atoms with van der Waals surface area (Å²) in [7, 11) is 0. The van der Waals surface area contributed by atoms with E-state index in [0.29, 0.717) is 0 Å². The van der Waals surface area contributed by atoms with E-state index in [4.69, 9.17) is 22.4 Å². The average molecular weight is 198 g/mol. The van der Waals surface area contributed by atoms with Crippen LogP contribution in [0.4, 0.5) is 0 Å². The SMILES string of the molecule is C#CC(C)NC(=O)c1ccc(Cl)o1. The van der Waals surface area contributed by atoms with E-state index in [9.17, 15) is 4.79 Å². The van der Waals surface area contributed by atoms with Gasteiger partial charge in [-0.1, -0.05) is 5.92 Å². The van der Waals surface area contributed by atoms with Crippen LogP contribution in [0.25, 0.3) is 0 Å². The Morgan fingerprint density at radius 1 is 1.77 bits per heavy atom. The molecule has 0 saturated carbocycles. The van der Waals surface area contributed by atoms with Crippen LogP contribution in [-0.2, 0) is 0 Å². The number of furan rings is 1. The second kappa shape index (κ2) is 4.01. The average Bonchev–Trinajstić information content (AvgIpc) is 2.51. The van der Waals surface area contributed by atoms with Crippen LogP contribution < -0.4 is 5.32 Å². The number of terminal acetylenes is 1. The number of hydrogen-bond donors (Lipinski definition) is 1. The zero-order valence-corrected chi connectivity index (χ0v) is 7.76. The summed E-state index contributed by atoms with van der Waals surface area (Å²) in [5.74, 6) is 2.16. The van der Waals surface area contributed by atoms with Crippen LogP contribution >= 0.6 is 11.6 Å². The summed E-state index contributed by atoms with van der Waals surface area (Å²) in [4.78, 5) is 11.3. The highest BCUT2D eigenvalue weighted by molar-refractivity contribution is 6.29. The van der Waals surface area contributed by atoms with Crippen molar-refractivity contribution < 1.29 is 9.21 Å². The standard InChI is InChI=1S/C9H8ClNO2/c1-3-6(2)11-9(12)7-4-5-8(10)13-7/h1,4-6H,2H3,(H,11,12). The Labute approximate surface area is 81.1 Å². The van der Waals surface area contributed by atoms with Crippen LogP contribution in [0.15, 0.2) is 16.5 Å². The molecule has 3 nitrogen and oxygen atoms in total. The number of nitrogens with one attached hydrogen (secondary N) is 1. The van der Waals surface area contributed by atoms with E-state index in [1.54, 1.807) is 6.92 Å². The molecule has 1 heterocycles. The van der Waals surface area contributed by atoms with Gasteiger partial charge in [0.2, 0.25) is 0 Å². The van der Waals surface area contributed by atoms with E-state index < -0.39 is 0 Å². The fraction of sp³-hybridized carbons (Fsp3) is 0.222. The summed E-state index contributed by atoms with van der Waals surface area (Å²) in [5, 5.41) is 2.71. The quantitative estimate of drug-likeness (QED) is 0.734. The first-order valence-corrected chi connectivity index (χ1v) is 4.03. The third-order valence-electron chi connectivity index (χ3n) is 1.39. The second-order valence-electron chi connectivity index (χ2n) is 2.47. The van der Waals surface area contributed by atoms with Gasteiger partial charge in [-0.2, -0.15) is 0 Å². The molecule has 0 aliphatic carbocycles. The highest BCUT2D eigenvalue weighted by atomic mass is 35.5. The summed E-state index contributed by atoms with van der Waals surface area (Å²) < 4.78 is 4.88. The van der Waals surface area contributed by atoms with Gasteiger partial charge in [0.15, 0.2) is 11.0 Å². The third-order valence-corrected chi connectivity index (χ3v) is 1.60. The fourth-order valence-corrected chi connectivity index (χ4v) is 0.892. The largest absolute Gasteiger partial charge is 0.440 e. The Morgan fingerprint density at radius 2 is 2.46 bits per heavy atom. The fourth-order valence-electron chi connectivity index (χ4n) is 0.746. The van der Waals surface area contributed by atoms with E-state index in [1.165, 1.54) is 12.1 Å². The van der Waals surface area contributed by atoms with Crippen LogP contribution in [0, 0.1) is 12.3 Å². The van der Waals surface area contributed by atoms with Gasteiger partial charge in [-0.05, 0) is 30.7 Å². The summed E-state index contributed by atoms with van der Waals surface area (Å²) in [5.41, 5.74) is 0. The summed E-state index contributed by atoms with van der Waals surface area (Å²) in [6.45, 7) is 1.70. The van der Waals surface area contributed by atoms with Crippen molar-refractivity contribution in [3.8, 4) is 12.3 Å². The molecule has 4 heteroatoms. The van der Waals surface area contributed by atoms with Crippen molar-refractivity contribution in [1.29, 1.82) is 0 Å². The van der Waals surface area contributed by atoms with Gasteiger partial charge in [-0.3, -0.25) is 4.79 Å². The van der Waals surface area contributed by atoms with Crippen molar-refractivity contribution in [2.75, 3.05) is 0 Å². The van der Waals surface area contributed by atoms with Crippen molar-refractivity contribution >= 4 is 17.5 Å². The molecule has 13 heavy (non-hydrogen) atoms. The van der Waals surface area contributed by atoms with Gasteiger partial charge in [0, 0.05) is 0 Å². The van der Waals surface area contributed by atoms with Crippen LogP contribution in [0.2, 0.25) is 5.22 Å². The molecule has 0 aromatic carbocycles. The van der Waals surface area contributed by atoms with Gasteiger partial charge in [-0.25, -0.2) is 0 Å². The Balaban J connectivity index is 2.65. The molecule has 1 N–H and O–H groups in total. The van der Waals surface area contributed by atoms with E-state index in [1.807, 2.05) is 0 Å². The maximum absolute atomic E-state index is 11.3. The lowest BCUT2D eigenvalue weighted by Crippen LogP contribution is -2.30. The first-order valence-electron chi connectivity index (χ1n) is 3.66. The predicted octanol–water partition coefficient (Wildman–Crippen LogP) is 1.68. The number of carbonyl (C=O) groups excluding carboxylic acids is 1. The molecule has 0 fully saturated rings. The highest BCUT2D eigenvalue weighted by Crippen LogP contribution is 2.12. The van der Waals surface area contributed by atoms with Gasteiger partial charge >= 0.3 is 0 Å². The zero-order chi connectivity index (χ0) is 9.84. The van der Waals surface area contributed by atoms with Crippen LogP contribution in [-0.4, -0.2) is 11.9 Å². The topological polar surface area (TPSA) is 42.2 Å². The van der Waals surface area contributed by atoms with Crippen LogP contribution in [0.3, 0.4) is 0 Å². The molecule has 0 radical (unpaired) electrons. The minimum Gasteiger partial charge on any atom is -0.440 e. The number of halogens is 1. The minimum absolute atomic E-state index is 0.159. The second-order valence-corrected chi connectivity index (χ2v) is 2.84. The summed E-state index contributed by atoms with van der Waals surface area (Å²) in [6.07, 6.45) is 5.08. The lowest BCUT2D eigenvalue weighted by molar-refractivity contribution is 0.0920. The normalized spacial score (nSPS) is 11.8. The van der Waals surface area contributed by atoms with Crippen molar-refractivity contribution in [1.82, 2.24) is 5.32 Å². The molecule has 1 rings (SSSR count). The minimum atomic E-state index is -0.364. The molecule has 1 aromatic heterocycles. The van der Waals surface area contributed by atoms with E-state index >= 15 is 0 Å². The summed E-state index contributed by atoms with van der Waals surface area (Å²) in [6, 6.07) is 2.66. The molecule has 1 amide bonds. The lowest BCUT2D eigenvalue weighted by Gasteiger charge is -2.04. The lowest BCUT2D eigenvalue weighted by atomic mass is 10.3. The number of carbonyl (C=O) groups is 1. The van der Waals surface area contributed by atoms with E-state index in [-0.39, 0.29) is 22.9 Å². The van der Waals surface area contributed by atoms with Gasteiger partial charge in [-0.15, -0.1) is 6.42 Å². The number of hydrogen-bond acceptors (Lipinski definition) is 2. The summed E-state index contributed by atoms with van der Waals surface area (Å²) >= 11 is 5.49. The Morgan fingerprint density at radius 3 is 2.92 bits per heavy atom. The maximum Gasteiger partial charge on any atom is 0.288 e. The van der Waals surface area contributed by atoms with Gasteiger partial charge in [0.1, 0.15) is 0 Å². The highest BCUT2D eigenvalue weighted by Gasteiger charge is 2.11. The maximum atomic E-state index is 11.3. The van der Waals surface area contributed by atoms with Gasteiger partial charge < -0.3 is 9.73 Å². The van der Waals surface area contributed by atoms with Crippen LogP contribution in [0.5, 0.6) is 0 Å². The van der Waals surface area contributed by atoms with Gasteiger partial charge in [0.25, 0.3) is 5.91 Å². The Bertz CT molecular complexity index is 351. The van der Waals surface area contributed by atoms with Crippen molar-refractivity contribution in [3.63, 3.8) is 0 Å². The molecule has 0 spiro atoms. The first-order chi connectivity index (χ1) is 6.13. The molecule has 1 atom stereocenters. The van der Waals surface area contributed by atoms with Gasteiger partial charge in [0.05, 0.1) is 6.04 Å². The molecule has 68 valence electrons. The smallest absolute Gasteiger partial charge is 0.288 e. The molecule has 1 aromatic rings. The molecule has 1 unspecified atom stereocenters. The van der Waals surface area contributed by atoms with Crippen molar-refractivity contribution in [2.45, 2.75) is 13.0 Å². The third kappa shape index (κ3) is 2.53. The monoisotopic (exact) mass is 197 g/mol. The zero-order valence-electron chi connectivity index (χ0n) is 7.00. The van der Waals surface area contributed by atoms with E-state index in [2.05, 4.69) is 11.2 Å². The molecule has 0 aliphatic rings. The molecular weight excluding hydrogens is 190 g/mol. The molecular formula is C9H8ClNO2. The van der Waals surface area contributed by atoms with Crippen molar-refractivity contribution in [2.24, 2.45) is 0 Å². The number of amides is 1. The molecule has 0 saturated heterocycles. The Kier molecular flexibility index (Phi) is 2.99. The van der Waals surface area contributed by atoms with Crippen molar-refractivity contribution in [3.05, 3.63) is 23.1 Å². The molecule has 0 bridgehead atoms. The number of rotatable bonds is 2. The van der Waals surface area contributed by atoms with E-state index in [0.717, 1.165) is 0 Å².